The van der Waals surface area contributed by atoms with Crippen LogP contribution in [0.15, 0.2) is 42.5 Å². The van der Waals surface area contributed by atoms with Gasteiger partial charge in [0.05, 0.1) is 15.6 Å². The molecule has 2 aromatic carbocycles. The van der Waals surface area contributed by atoms with Gasteiger partial charge in [-0.25, -0.2) is 0 Å². The summed E-state index contributed by atoms with van der Waals surface area (Å²) in [6.45, 7) is 0. The molecule has 17 heavy (non-hydrogen) atoms. The Balaban J connectivity index is 2.52. The average Bonchev–Trinajstić information content (AvgIpc) is 2.28. The summed E-state index contributed by atoms with van der Waals surface area (Å²) in [4.78, 5) is 12.1. The van der Waals surface area contributed by atoms with E-state index in [9.17, 15) is 9.90 Å². The monoisotopic (exact) mass is 266 g/mol. The lowest BCUT2D eigenvalue weighted by molar-refractivity contribution is 0.103. The molecule has 1 N–H and O–H groups in total. The molecule has 0 saturated carbocycles. The van der Waals surface area contributed by atoms with Crippen molar-refractivity contribution in [3.63, 3.8) is 0 Å². The molecule has 0 unspecified atom stereocenters. The zero-order valence-corrected chi connectivity index (χ0v) is 10.2. The van der Waals surface area contributed by atoms with Gasteiger partial charge in [0.2, 0.25) is 0 Å². The molecule has 0 amide bonds. The predicted molar refractivity (Wildman–Crippen MR) is 68.0 cm³/mol. The topological polar surface area (TPSA) is 37.3 Å². The Kier molecular flexibility index (Phi) is 3.36. The molecule has 0 saturated heterocycles. The highest BCUT2D eigenvalue weighted by Crippen LogP contribution is 2.31. The molecular weight excluding hydrogens is 259 g/mol. The summed E-state index contributed by atoms with van der Waals surface area (Å²) in [6, 6.07) is 11.3. The molecule has 0 bridgehead atoms. The van der Waals surface area contributed by atoms with Gasteiger partial charge in [-0.05, 0) is 12.1 Å². The van der Waals surface area contributed by atoms with Crippen LogP contribution in [-0.2, 0) is 0 Å². The van der Waals surface area contributed by atoms with Crippen molar-refractivity contribution in [2.24, 2.45) is 0 Å². The number of hydrogen-bond donors (Lipinski definition) is 1. The van der Waals surface area contributed by atoms with Crippen molar-refractivity contribution in [1.82, 2.24) is 0 Å². The first kappa shape index (κ1) is 12.0. The van der Waals surface area contributed by atoms with E-state index in [1.807, 2.05) is 6.07 Å². The van der Waals surface area contributed by atoms with Gasteiger partial charge in [-0.15, -0.1) is 0 Å². The van der Waals surface area contributed by atoms with E-state index in [-0.39, 0.29) is 27.1 Å². The Morgan fingerprint density at radius 2 is 1.53 bits per heavy atom. The lowest BCUT2D eigenvalue weighted by atomic mass is 10.0. The lowest BCUT2D eigenvalue weighted by Crippen LogP contribution is -2.02. The van der Waals surface area contributed by atoms with E-state index >= 15 is 0 Å². The first-order chi connectivity index (χ1) is 8.09. The van der Waals surface area contributed by atoms with Gasteiger partial charge in [-0.1, -0.05) is 53.5 Å². The highest BCUT2D eigenvalue weighted by molar-refractivity contribution is 6.41. The van der Waals surface area contributed by atoms with Gasteiger partial charge in [-0.3, -0.25) is 4.79 Å². The van der Waals surface area contributed by atoms with Crippen LogP contribution in [-0.4, -0.2) is 10.9 Å². The smallest absolute Gasteiger partial charge is 0.196 e. The molecule has 0 heterocycles. The third-order valence-electron chi connectivity index (χ3n) is 2.29. The number of rotatable bonds is 2. The van der Waals surface area contributed by atoms with Gasteiger partial charge in [-0.2, -0.15) is 0 Å². The molecular formula is C13H8Cl2O2. The SMILES string of the molecule is O=C(c1ccccc1)c1c(Cl)cc(O)cc1Cl. The van der Waals surface area contributed by atoms with E-state index in [4.69, 9.17) is 23.2 Å². The van der Waals surface area contributed by atoms with Crippen molar-refractivity contribution in [2.75, 3.05) is 0 Å². The van der Waals surface area contributed by atoms with E-state index in [0.29, 0.717) is 5.56 Å². The van der Waals surface area contributed by atoms with Crippen molar-refractivity contribution in [3.05, 3.63) is 63.6 Å². The predicted octanol–water partition coefficient (Wildman–Crippen LogP) is 3.93. The van der Waals surface area contributed by atoms with Crippen molar-refractivity contribution < 1.29 is 9.90 Å². The zero-order chi connectivity index (χ0) is 12.4. The molecule has 2 nitrogen and oxygen atoms in total. The minimum atomic E-state index is -0.263. The first-order valence-electron chi connectivity index (χ1n) is 4.87. The number of phenols is 1. The Morgan fingerprint density at radius 3 is 2.06 bits per heavy atom. The van der Waals surface area contributed by atoms with Crippen molar-refractivity contribution in [2.45, 2.75) is 0 Å². The summed E-state index contributed by atoms with van der Waals surface area (Å²) in [5, 5.41) is 9.58. The van der Waals surface area contributed by atoms with Crippen LogP contribution in [0, 0.1) is 0 Å². The highest BCUT2D eigenvalue weighted by atomic mass is 35.5. The summed E-state index contributed by atoms with van der Waals surface area (Å²) < 4.78 is 0. The van der Waals surface area contributed by atoms with E-state index < -0.39 is 0 Å². The Labute approximate surface area is 108 Å². The van der Waals surface area contributed by atoms with Crippen LogP contribution in [0.25, 0.3) is 0 Å². The molecule has 0 spiro atoms. The van der Waals surface area contributed by atoms with Crippen molar-refractivity contribution >= 4 is 29.0 Å². The zero-order valence-electron chi connectivity index (χ0n) is 8.65. The molecule has 2 aromatic rings. The van der Waals surface area contributed by atoms with Crippen LogP contribution < -0.4 is 0 Å². The summed E-state index contributed by atoms with van der Waals surface area (Å²) in [5.74, 6) is -0.329. The lowest BCUT2D eigenvalue weighted by Gasteiger charge is -2.06. The van der Waals surface area contributed by atoms with Crippen molar-refractivity contribution in [1.29, 1.82) is 0 Å². The quantitative estimate of drug-likeness (QED) is 0.837. The van der Waals surface area contributed by atoms with Gasteiger partial charge in [0.25, 0.3) is 0 Å². The van der Waals surface area contributed by atoms with E-state index in [2.05, 4.69) is 0 Å². The van der Waals surface area contributed by atoms with Crippen LogP contribution in [0.3, 0.4) is 0 Å². The second kappa shape index (κ2) is 4.78. The molecule has 0 aliphatic rings. The molecule has 2 rings (SSSR count). The molecule has 86 valence electrons. The molecule has 0 fully saturated rings. The molecule has 0 radical (unpaired) electrons. The largest absolute Gasteiger partial charge is 0.508 e. The number of carbonyl (C=O) groups excluding carboxylic acids is 1. The Hall–Kier alpha value is -1.51. The maximum atomic E-state index is 12.1. The minimum Gasteiger partial charge on any atom is -0.508 e. The molecule has 0 aliphatic carbocycles. The summed E-state index contributed by atoms with van der Waals surface area (Å²) in [6.07, 6.45) is 0. The van der Waals surface area contributed by atoms with Gasteiger partial charge in [0.1, 0.15) is 5.75 Å². The second-order valence-corrected chi connectivity index (χ2v) is 4.29. The van der Waals surface area contributed by atoms with Crippen LogP contribution in [0.2, 0.25) is 10.0 Å². The summed E-state index contributed by atoms with van der Waals surface area (Å²) >= 11 is 11.8. The maximum Gasteiger partial charge on any atom is 0.196 e. The van der Waals surface area contributed by atoms with Gasteiger partial charge < -0.3 is 5.11 Å². The highest BCUT2D eigenvalue weighted by Gasteiger charge is 2.17. The minimum absolute atomic E-state index is 0.0652. The number of hydrogen-bond acceptors (Lipinski definition) is 2. The third-order valence-corrected chi connectivity index (χ3v) is 2.89. The molecule has 4 heteroatoms. The Bertz CT molecular complexity index is 542. The summed E-state index contributed by atoms with van der Waals surface area (Å²) in [7, 11) is 0. The number of carbonyl (C=O) groups is 1. The number of halogens is 2. The van der Waals surface area contributed by atoms with E-state index in [1.54, 1.807) is 24.3 Å². The van der Waals surface area contributed by atoms with Crippen molar-refractivity contribution in [3.8, 4) is 5.75 Å². The van der Waals surface area contributed by atoms with E-state index in [0.717, 1.165) is 0 Å². The van der Waals surface area contributed by atoms with Gasteiger partial charge >= 0.3 is 0 Å². The van der Waals surface area contributed by atoms with Crippen LogP contribution in [0.4, 0.5) is 0 Å². The van der Waals surface area contributed by atoms with E-state index in [1.165, 1.54) is 12.1 Å². The normalized spacial score (nSPS) is 10.2. The molecule has 0 atom stereocenters. The number of ketones is 1. The van der Waals surface area contributed by atoms with Crippen LogP contribution >= 0.6 is 23.2 Å². The summed E-state index contributed by atoms with van der Waals surface area (Å²) in [5.41, 5.74) is 0.708. The van der Waals surface area contributed by atoms with Gasteiger partial charge in [0, 0.05) is 5.56 Å². The second-order valence-electron chi connectivity index (χ2n) is 3.48. The average molecular weight is 267 g/mol. The number of aromatic hydroxyl groups is 1. The number of phenolic OH excluding ortho intramolecular Hbond substituents is 1. The molecule has 0 aromatic heterocycles. The van der Waals surface area contributed by atoms with Crippen LogP contribution in [0.1, 0.15) is 15.9 Å². The van der Waals surface area contributed by atoms with Crippen LogP contribution in [0.5, 0.6) is 5.75 Å². The molecule has 0 aliphatic heterocycles. The fraction of sp³-hybridized carbons (Fsp3) is 0. The standard InChI is InChI=1S/C13H8Cl2O2/c14-10-6-9(16)7-11(15)12(10)13(17)8-4-2-1-3-5-8/h1-7,16H. The fourth-order valence-corrected chi connectivity index (χ4v) is 2.16. The number of benzene rings is 2. The fourth-order valence-electron chi connectivity index (χ4n) is 1.51. The maximum absolute atomic E-state index is 12.1. The third kappa shape index (κ3) is 2.43. The van der Waals surface area contributed by atoms with Gasteiger partial charge in [0.15, 0.2) is 5.78 Å². The first-order valence-corrected chi connectivity index (χ1v) is 5.63. The Morgan fingerprint density at radius 1 is 1.00 bits per heavy atom.